The molecule has 1 fully saturated rings. The number of hydrogen-bond donors (Lipinski definition) is 1. The van der Waals surface area contributed by atoms with Gasteiger partial charge in [0.05, 0.1) is 24.0 Å². The molecule has 1 N–H and O–H groups in total. The Morgan fingerprint density at radius 3 is 2.77 bits per heavy atom. The van der Waals surface area contributed by atoms with E-state index in [0.717, 1.165) is 62.0 Å². The average Bonchev–Trinajstić information content (AvgIpc) is 3.28. The summed E-state index contributed by atoms with van der Waals surface area (Å²) in [7, 11) is 0. The second kappa shape index (κ2) is 8.99. The van der Waals surface area contributed by atoms with Gasteiger partial charge in [0.2, 0.25) is 11.4 Å². The summed E-state index contributed by atoms with van der Waals surface area (Å²) in [6.45, 7) is 5.80. The Labute approximate surface area is 183 Å². The number of benzene rings is 1. The fourth-order valence-corrected chi connectivity index (χ4v) is 4.51. The zero-order chi connectivity index (χ0) is 21.0. The largest absolute Gasteiger partial charge is 0.478 e. The number of ether oxygens (including phenoxy) is 1. The molecule has 0 aliphatic carbocycles. The van der Waals surface area contributed by atoms with E-state index in [0.29, 0.717) is 18.1 Å². The smallest absolute Gasteiger partial charge is 0.249 e. The van der Waals surface area contributed by atoms with Crippen LogP contribution in [0.25, 0.3) is 22.1 Å². The van der Waals surface area contributed by atoms with Gasteiger partial charge in [-0.15, -0.1) is 0 Å². The third kappa shape index (κ3) is 4.52. The number of rotatable bonds is 7. The quantitative estimate of drug-likeness (QED) is 0.446. The summed E-state index contributed by atoms with van der Waals surface area (Å²) in [5.74, 6) is 0.550. The molecule has 0 bridgehead atoms. The molecule has 0 saturated carbocycles. The molecule has 3 aromatic heterocycles. The van der Waals surface area contributed by atoms with Crippen LogP contribution in [-0.4, -0.2) is 62.9 Å². The molecule has 4 heterocycles. The highest BCUT2D eigenvalue weighted by molar-refractivity contribution is 7.00. The fourth-order valence-electron chi connectivity index (χ4n) is 3.96. The van der Waals surface area contributed by atoms with Gasteiger partial charge >= 0.3 is 0 Å². The van der Waals surface area contributed by atoms with Gasteiger partial charge in [0.1, 0.15) is 16.7 Å². The minimum Gasteiger partial charge on any atom is -0.478 e. The zero-order valence-corrected chi connectivity index (χ0v) is 18.0. The molecule has 31 heavy (non-hydrogen) atoms. The van der Waals surface area contributed by atoms with E-state index >= 15 is 0 Å². The first kappa shape index (κ1) is 19.9. The molecule has 5 rings (SSSR count). The van der Waals surface area contributed by atoms with Crippen LogP contribution in [0.15, 0.2) is 47.3 Å². The minimum atomic E-state index is -0.155. The van der Waals surface area contributed by atoms with Gasteiger partial charge in [-0.3, -0.25) is 9.69 Å². The first-order valence-corrected chi connectivity index (χ1v) is 11.3. The van der Waals surface area contributed by atoms with Gasteiger partial charge in [-0.1, -0.05) is 6.07 Å². The number of nitrogens with one attached hydrogen (secondary N) is 1. The highest BCUT2D eigenvalue weighted by atomic mass is 32.1. The molecule has 0 radical (unpaired) electrons. The maximum atomic E-state index is 11.4. The van der Waals surface area contributed by atoms with Crippen molar-refractivity contribution in [1.29, 1.82) is 0 Å². The number of fused-ring (bicyclic) bond motifs is 2. The van der Waals surface area contributed by atoms with E-state index in [1.165, 1.54) is 23.5 Å². The molecule has 1 aliphatic rings. The second-order valence-corrected chi connectivity index (χ2v) is 8.23. The molecule has 0 unspecified atom stereocenters. The van der Waals surface area contributed by atoms with Gasteiger partial charge in [-0.25, -0.2) is 0 Å². The summed E-state index contributed by atoms with van der Waals surface area (Å²) in [5, 5.41) is 0.897. The highest BCUT2D eigenvalue weighted by Gasteiger charge is 2.19. The van der Waals surface area contributed by atoms with Crippen molar-refractivity contribution in [3.05, 3.63) is 52.8 Å². The third-order valence-electron chi connectivity index (χ3n) is 5.65. The number of H-pyrrole nitrogens is 1. The van der Waals surface area contributed by atoms with E-state index in [1.54, 1.807) is 6.07 Å². The summed E-state index contributed by atoms with van der Waals surface area (Å²) in [6, 6.07) is 13.3. The molecule has 9 heteroatoms. The minimum absolute atomic E-state index is 0.155. The van der Waals surface area contributed by atoms with Gasteiger partial charge in [0.15, 0.2) is 0 Å². The maximum absolute atomic E-state index is 11.4. The van der Waals surface area contributed by atoms with Gasteiger partial charge < -0.3 is 14.6 Å². The van der Waals surface area contributed by atoms with E-state index in [2.05, 4.69) is 40.6 Å². The van der Waals surface area contributed by atoms with Crippen LogP contribution in [0.4, 0.5) is 5.69 Å². The lowest BCUT2D eigenvalue weighted by Crippen LogP contribution is -2.46. The van der Waals surface area contributed by atoms with Crippen LogP contribution in [0.2, 0.25) is 0 Å². The van der Waals surface area contributed by atoms with Gasteiger partial charge in [-0.05, 0) is 43.7 Å². The van der Waals surface area contributed by atoms with E-state index < -0.39 is 0 Å². The Balaban J connectivity index is 1.05. The van der Waals surface area contributed by atoms with Gasteiger partial charge in [0, 0.05) is 43.7 Å². The maximum Gasteiger partial charge on any atom is 0.249 e. The first-order chi connectivity index (χ1) is 15.3. The Morgan fingerprint density at radius 1 is 1.00 bits per heavy atom. The zero-order valence-electron chi connectivity index (χ0n) is 17.2. The first-order valence-electron chi connectivity index (χ1n) is 10.6. The number of unbranched alkanes of at least 4 members (excludes halogenated alkanes) is 1. The number of hydrogen-bond acceptors (Lipinski definition) is 8. The summed E-state index contributed by atoms with van der Waals surface area (Å²) in [4.78, 5) is 23.5. The van der Waals surface area contributed by atoms with Crippen molar-refractivity contribution in [2.45, 2.75) is 12.8 Å². The van der Waals surface area contributed by atoms with Gasteiger partial charge in [0.25, 0.3) is 0 Å². The summed E-state index contributed by atoms with van der Waals surface area (Å²) < 4.78 is 14.6. The molecule has 1 saturated heterocycles. The Kier molecular flexibility index (Phi) is 5.77. The summed E-state index contributed by atoms with van der Waals surface area (Å²) in [5.41, 5.74) is 3.61. The number of anilines is 1. The van der Waals surface area contributed by atoms with E-state index in [1.807, 2.05) is 18.2 Å². The van der Waals surface area contributed by atoms with E-state index in [9.17, 15) is 4.79 Å². The van der Waals surface area contributed by atoms with Crippen LogP contribution < -0.4 is 15.2 Å². The normalized spacial score (nSPS) is 15.0. The monoisotopic (exact) mass is 436 g/mol. The standard InChI is InChI=1S/C22H24N6O2S/c29-19-8-6-16-7-9-20(24-22(16)23-19)30-15-2-1-10-27-11-13-28(14-12-27)18-5-3-4-17-21(18)26-31-25-17/h3-9H,1-2,10-15H2,(H,23,24,29). The SMILES string of the molecule is O=c1ccc2ccc(OCCCCN3CCN(c4cccc5nsnc45)CC3)nc2[nH]1. The van der Waals surface area contributed by atoms with Crippen molar-refractivity contribution in [3.63, 3.8) is 0 Å². The molecule has 0 amide bonds. The molecule has 4 aromatic rings. The van der Waals surface area contributed by atoms with Crippen molar-refractivity contribution in [1.82, 2.24) is 23.6 Å². The van der Waals surface area contributed by atoms with Crippen LogP contribution in [0.1, 0.15) is 12.8 Å². The topological polar surface area (TPSA) is 87.2 Å². The van der Waals surface area contributed by atoms with Crippen LogP contribution >= 0.6 is 11.7 Å². The average molecular weight is 437 g/mol. The predicted molar refractivity (Wildman–Crippen MR) is 123 cm³/mol. The Morgan fingerprint density at radius 2 is 1.87 bits per heavy atom. The Bertz CT molecular complexity index is 1230. The van der Waals surface area contributed by atoms with Gasteiger partial charge in [-0.2, -0.15) is 13.7 Å². The number of aromatic amines is 1. The fraction of sp³-hybridized carbons (Fsp3) is 0.364. The number of piperazine rings is 1. The molecular weight excluding hydrogens is 412 g/mol. The number of aromatic nitrogens is 4. The molecule has 0 atom stereocenters. The van der Waals surface area contributed by atoms with Crippen molar-refractivity contribution < 1.29 is 4.74 Å². The van der Waals surface area contributed by atoms with Crippen LogP contribution in [0.3, 0.4) is 0 Å². The van der Waals surface area contributed by atoms with E-state index in [-0.39, 0.29) is 5.56 Å². The van der Waals surface area contributed by atoms with Crippen molar-refractivity contribution in [3.8, 4) is 5.88 Å². The molecule has 0 spiro atoms. The summed E-state index contributed by atoms with van der Waals surface area (Å²) >= 11 is 1.28. The lowest BCUT2D eigenvalue weighted by molar-refractivity contribution is 0.237. The van der Waals surface area contributed by atoms with Crippen molar-refractivity contribution in [2.75, 3.05) is 44.2 Å². The van der Waals surface area contributed by atoms with Crippen LogP contribution in [0.5, 0.6) is 5.88 Å². The molecule has 1 aromatic carbocycles. The molecule has 160 valence electrons. The second-order valence-electron chi connectivity index (χ2n) is 7.70. The molecular formula is C22H24N6O2S. The summed E-state index contributed by atoms with van der Waals surface area (Å²) in [6.07, 6.45) is 2.05. The number of nitrogens with zero attached hydrogens (tertiary/aromatic N) is 5. The lowest BCUT2D eigenvalue weighted by Gasteiger charge is -2.36. The van der Waals surface area contributed by atoms with Crippen LogP contribution in [0, 0.1) is 0 Å². The molecule has 8 nitrogen and oxygen atoms in total. The van der Waals surface area contributed by atoms with Crippen molar-refractivity contribution >= 4 is 39.5 Å². The van der Waals surface area contributed by atoms with Crippen molar-refractivity contribution in [2.24, 2.45) is 0 Å². The van der Waals surface area contributed by atoms with Crippen LogP contribution in [-0.2, 0) is 0 Å². The third-order valence-corrected chi connectivity index (χ3v) is 6.20. The number of pyridine rings is 2. The van der Waals surface area contributed by atoms with E-state index in [4.69, 9.17) is 4.74 Å². The lowest BCUT2D eigenvalue weighted by atomic mass is 10.2. The molecule has 1 aliphatic heterocycles. The highest BCUT2D eigenvalue weighted by Crippen LogP contribution is 2.26. The predicted octanol–water partition coefficient (Wildman–Crippen LogP) is 2.91. The Hall–Kier alpha value is -3.04.